The highest BCUT2D eigenvalue weighted by molar-refractivity contribution is 7.20. The molecule has 0 aliphatic heterocycles. The van der Waals surface area contributed by atoms with E-state index in [0.29, 0.717) is 0 Å². The van der Waals surface area contributed by atoms with Gasteiger partial charge in [0, 0.05) is 25.9 Å². The quantitative estimate of drug-likeness (QED) is 0.588. The number of hydrogen-bond donors (Lipinski definition) is 0. The van der Waals surface area contributed by atoms with Gasteiger partial charge in [-0.05, 0) is 24.6 Å². The van der Waals surface area contributed by atoms with Crippen molar-refractivity contribution in [3.8, 4) is 0 Å². The fourth-order valence-corrected chi connectivity index (χ4v) is 3.38. The lowest BCUT2D eigenvalue weighted by molar-refractivity contribution is 0.633. The van der Waals surface area contributed by atoms with Crippen molar-refractivity contribution in [1.82, 2.24) is 0 Å². The minimum Gasteiger partial charge on any atom is -0.135 e. The van der Waals surface area contributed by atoms with Gasteiger partial charge >= 0.3 is 0 Å². The van der Waals surface area contributed by atoms with Crippen LogP contribution in [-0.4, -0.2) is 0 Å². The first-order chi connectivity index (χ1) is 8.05. The van der Waals surface area contributed by atoms with Gasteiger partial charge in [-0.15, -0.1) is 11.3 Å². The number of hydrogen-bond acceptors (Lipinski definition) is 1. The molecule has 0 N–H and O–H groups in total. The Kier molecular flexibility index (Phi) is 2.27. The van der Waals surface area contributed by atoms with Crippen LogP contribution in [-0.2, 0) is 0 Å². The fraction of sp³-hybridized carbons (Fsp3) is 0.250. The lowest BCUT2D eigenvalue weighted by Gasteiger charge is -2.12. The second kappa shape index (κ2) is 3.58. The van der Waals surface area contributed by atoms with E-state index in [0.717, 1.165) is 0 Å². The first-order valence-corrected chi connectivity index (χ1v) is 6.78. The molecule has 0 nitrogen and oxygen atoms in total. The molecule has 0 amide bonds. The summed E-state index contributed by atoms with van der Waals surface area (Å²) >= 11 is 1.89. The Balaban J connectivity index is 2.28. The van der Waals surface area contributed by atoms with E-state index in [9.17, 15) is 0 Å². The van der Waals surface area contributed by atoms with Crippen molar-refractivity contribution in [2.24, 2.45) is 5.41 Å². The van der Waals surface area contributed by atoms with Crippen LogP contribution in [0, 0.1) is 12.3 Å². The van der Waals surface area contributed by atoms with Crippen LogP contribution in [0.3, 0.4) is 0 Å². The number of aryl methyl sites for hydroxylation is 1. The van der Waals surface area contributed by atoms with Crippen LogP contribution >= 0.6 is 11.3 Å². The Morgan fingerprint density at radius 1 is 1.06 bits per heavy atom. The summed E-state index contributed by atoms with van der Waals surface area (Å²) in [6.45, 7) is 6.63. The van der Waals surface area contributed by atoms with Crippen molar-refractivity contribution >= 4 is 33.6 Å². The number of benzene rings is 1. The molecule has 1 heterocycles. The maximum absolute atomic E-state index is 2.29. The zero-order valence-corrected chi connectivity index (χ0v) is 11.3. The SMILES string of the molecule is Cc1ccc2c3c(sc2c1)C=CC(C)(C)C=C3. The van der Waals surface area contributed by atoms with Gasteiger partial charge in [0.2, 0.25) is 0 Å². The highest BCUT2D eigenvalue weighted by Crippen LogP contribution is 2.37. The molecular formula is C16H16S. The second-order valence-electron chi connectivity index (χ2n) is 5.37. The molecule has 1 aliphatic carbocycles. The second-order valence-corrected chi connectivity index (χ2v) is 6.45. The highest BCUT2D eigenvalue weighted by atomic mass is 32.1. The van der Waals surface area contributed by atoms with Crippen LogP contribution in [0.4, 0.5) is 0 Å². The average molecular weight is 240 g/mol. The fourth-order valence-electron chi connectivity index (χ4n) is 2.18. The van der Waals surface area contributed by atoms with Gasteiger partial charge in [0.05, 0.1) is 0 Å². The molecule has 0 saturated carbocycles. The van der Waals surface area contributed by atoms with Crippen LogP contribution in [0.25, 0.3) is 22.2 Å². The minimum absolute atomic E-state index is 0.162. The van der Waals surface area contributed by atoms with E-state index in [1.165, 1.54) is 26.1 Å². The van der Waals surface area contributed by atoms with Crippen molar-refractivity contribution in [1.29, 1.82) is 0 Å². The third kappa shape index (κ3) is 1.85. The minimum atomic E-state index is 0.162. The predicted octanol–water partition coefficient (Wildman–Crippen LogP) is 5.28. The zero-order chi connectivity index (χ0) is 12.0. The number of allylic oxidation sites excluding steroid dienone is 2. The summed E-state index contributed by atoms with van der Waals surface area (Å²) in [5.74, 6) is 0. The smallest absolute Gasteiger partial charge is 0.0358 e. The zero-order valence-electron chi connectivity index (χ0n) is 10.4. The van der Waals surface area contributed by atoms with E-state index in [2.05, 4.69) is 63.3 Å². The molecule has 2 aromatic rings. The Labute approximate surface area is 106 Å². The first kappa shape index (κ1) is 10.8. The molecule has 86 valence electrons. The van der Waals surface area contributed by atoms with Crippen molar-refractivity contribution in [2.45, 2.75) is 20.8 Å². The largest absolute Gasteiger partial charge is 0.135 e. The summed E-state index contributed by atoms with van der Waals surface area (Å²) in [5, 5.41) is 1.38. The summed E-state index contributed by atoms with van der Waals surface area (Å²) in [6.07, 6.45) is 9.14. The lowest BCUT2D eigenvalue weighted by Crippen LogP contribution is -2.00. The summed E-state index contributed by atoms with van der Waals surface area (Å²) in [6, 6.07) is 6.72. The molecule has 1 heteroatoms. The summed E-state index contributed by atoms with van der Waals surface area (Å²) in [4.78, 5) is 1.38. The molecule has 1 aliphatic rings. The van der Waals surface area contributed by atoms with Gasteiger partial charge in [0.25, 0.3) is 0 Å². The Morgan fingerprint density at radius 2 is 1.82 bits per heavy atom. The molecule has 1 aromatic heterocycles. The molecule has 17 heavy (non-hydrogen) atoms. The third-order valence-electron chi connectivity index (χ3n) is 3.26. The number of fused-ring (bicyclic) bond motifs is 3. The highest BCUT2D eigenvalue weighted by Gasteiger charge is 2.15. The molecule has 0 unspecified atom stereocenters. The molecule has 3 rings (SSSR count). The maximum Gasteiger partial charge on any atom is 0.0358 e. The Bertz CT molecular complexity index is 639. The van der Waals surface area contributed by atoms with Crippen LogP contribution in [0.2, 0.25) is 0 Å². The molecule has 0 atom stereocenters. The van der Waals surface area contributed by atoms with Gasteiger partial charge in [0.1, 0.15) is 0 Å². The summed E-state index contributed by atoms with van der Waals surface area (Å²) in [5.41, 5.74) is 2.88. The number of thiophene rings is 1. The van der Waals surface area contributed by atoms with Crippen molar-refractivity contribution in [3.63, 3.8) is 0 Å². The maximum atomic E-state index is 2.29. The molecule has 0 radical (unpaired) electrons. The van der Waals surface area contributed by atoms with Gasteiger partial charge in [-0.25, -0.2) is 0 Å². The van der Waals surface area contributed by atoms with Crippen molar-refractivity contribution in [2.75, 3.05) is 0 Å². The van der Waals surface area contributed by atoms with E-state index in [1.54, 1.807) is 0 Å². The lowest BCUT2D eigenvalue weighted by atomic mass is 9.93. The van der Waals surface area contributed by atoms with Gasteiger partial charge in [0.15, 0.2) is 0 Å². The first-order valence-electron chi connectivity index (χ1n) is 5.97. The van der Waals surface area contributed by atoms with E-state index < -0.39 is 0 Å². The van der Waals surface area contributed by atoms with Crippen LogP contribution in [0.5, 0.6) is 0 Å². The van der Waals surface area contributed by atoms with E-state index >= 15 is 0 Å². The van der Waals surface area contributed by atoms with E-state index in [4.69, 9.17) is 0 Å². The van der Waals surface area contributed by atoms with Gasteiger partial charge in [-0.3, -0.25) is 0 Å². The number of rotatable bonds is 0. The third-order valence-corrected chi connectivity index (χ3v) is 4.39. The molecular weight excluding hydrogens is 224 g/mol. The molecule has 1 aromatic carbocycles. The van der Waals surface area contributed by atoms with Crippen LogP contribution in [0.15, 0.2) is 30.4 Å². The van der Waals surface area contributed by atoms with Crippen molar-refractivity contribution < 1.29 is 0 Å². The summed E-state index contributed by atoms with van der Waals surface area (Å²) < 4.78 is 1.39. The van der Waals surface area contributed by atoms with E-state index in [1.807, 2.05) is 11.3 Å². The monoisotopic (exact) mass is 240 g/mol. The van der Waals surface area contributed by atoms with E-state index in [-0.39, 0.29) is 5.41 Å². The normalized spacial score (nSPS) is 17.1. The van der Waals surface area contributed by atoms with Crippen LogP contribution in [0.1, 0.15) is 29.9 Å². The van der Waals surface area contributed by atoms with Crippen LogP contribution < -0.4 is 0 Å². The topological polar surface area (TPSA) is 0 Å². The van der Waals surface area contributed by atoms with Gasteiger partial charge in [-0.1, -0.05) is 44.2 Å². The molecule has 0 spiro atoms. The molecule has 0 fully saturated rings. The van der Waals surface area contributed by atoms with Gasteiger partial charge in [-0.2, -0.15) is 0 Å². The van der Waals surface area contributed by atoms with Crippen molar-refractivity contribution in [3.05, 3.63) is 46.4 Å². The molecule has 0 bridgehead atoms. The molecule has 0 saturated heterocycles. The van der Waals surface area contributed by atoms with Gasteiger partial charge < -0.3 is 0 Å². The average Bonchev–Trinajstić information content (AvgIpc) is 2.53. The summed E-state index contributed by atoms with van der Waals surface area (Å²) in [7, 11) is 0. The Morgan fingerprint density at radius 3 is 2.65 bits per heavy atom. The predicted molar refractivity (Wildman–Crippen MR) is 78.4 cm³/mol. The Hall–Kier alpha value is -1.34. The standard InChI is InChI=1S/C16H16S/c1-11-4-5-12-13-6-8-16(2,3)9-7-14(13)17-15(12)10-11/h4-10H,1-3H3.